The zero-order valence-electron chi connectivity index (χ0n) is 13.4. The van der Waals surface area contributed by atoms with E-state index in [-0.39, 0.29) is 5.78 Å². The van der Waals surface area contributed by atoms with Crippen molar-refractivity contribution in [2.45, 2.75) is 0 Å². The monoisotopic (exact) mass is 325 g/mol. The number of nitrogens with zero attached hydrogens (tertiary/aromatic N) is 2. The molecule has 0 saturated carbocycles. The van der Waals surface area contributed by atoms with Gasteiger partial charge >= 0.3 is 0 Å². The fourth-order valence-electron chi connectivity index (χ4n) is 2.84. The molecule has 0 aliphatic rings. The maximum absolute atomic E-state index is 12.3. The van der Waals surface area contributed by atoms with Crippen molar-refractivity contribution in [2.75, 3.05) is 0 Å². The molecule has 4 nitrogen and oxygen atoms in total. The maximum atomic E-state index is 12.3. The SMILES string of the molecule is O=C(C=Cc1ccccc1-c1cccc2n[nH]nc12)c1ccccc1. The molecule has 0 atom stereocenters. The van der Waals surface area contributed by atoms with Gasteiger partial charge in [-0.3, -0.25) is 4.79 Å². The predicted octanol–water partition coefficient (Wildman–Crippen LogP) is 4.52. The van der Waals surface area contributed by atoms with Gasteiger partial charge in [0, 0.05) is 11.1 Å². The summed E-state index contributed by atoms with van der Waals surface area (Å²) >= 11 is 0. The van der Waals surface area contributed by atoms with Gasteiger partial charge in [0.2, 0.25) is 0 Å². The molecule has 0 radical (unpaired) electrons. The molecule has 0 saturated heterocycles. The van der Waals surface area contributed by atoms with Gasteiger partial charge < -0.3 is 0 Å². The Bertz CT molecular complexity index is 1060. The fraction of sp³-hybridized carbons (Fsp3) is 0. The van der Waals surface area contributed by atoms with Gasteiger partial charge in [0.05, 0.1) is 0 Å². The van der Waals surface area contributed by atoms with Crippen LogP contribution in [0.25, 0.3) is 28.2 Å². The molecule has 1 N–H and O–H groups in total. The summed E-state index contributed by atoms with van der Waals surface area (Å²) in [7, 11) is 0. The lowest BCUT2D eigenvalue weighted by molar-refractivity contribution is 0.104. The average molecular weight is 325 g/mol. The zero-order valence-corrected chi connectivity index (χ0v) is 13.4. The van der Waals surface area contributed by atoms with E-state index in [9.17, 15) is 4.79 Å². The molecule has 0 aliphatic carbocycles. The molecule has 0 amide bonds. The van der Waals surface area contributed by atoms with Crippen molar-refractivity contribution in [1.29, 1.82) is 0 Å². The van der Waals surface area contributed by atoms with E-state index in [1.807, 2.05) is 78.9 Å². The van der Waals surface area contributed by atoms with Crippen molar-refractivity contribution in [2.24, 2.45) is 0 Å². The van der Waals surface area contributed by atoms with E-state index in [1.165, 1.54) is 0 Å². The number of hydrogen-bond donors (Lipinski definition) is 1. The molecule has 0 spiro atoms. The molecule has 0 bridgehead atoms. The highest BCUT2D eigenvalue weighted by atomic mass is 16.1. The smallest absolute Gasteiger partial charge is 0.185 e. The lowest BCUT2D eigenvalue weighted by Gasteiger charge is -2.06. The minimum atomic E-state index is -0.0185. The molecular formula is C21H15N3O. The van der Waals surface area contributed by atoms with E-state index in [2.05, 4.69) is 15.4 Å². The number of H-pyrrole nitrogens is 1. The summed E-state index contributed by atoms with van der Waals surface area (Å²) in [4.78, 5) is 12.3. The van der Waals surface area contributed by atoms with E-state index in [0.717, 1.165) is 27.7 Å². The first-order valence-corrected chi connectivity index (χ1v) is 7.99. The van der Waals surface area contributed by atoms with Crippen molar-refractivity contribution in [3.8, 4) is 11.1 Å². The molecule has 4 heteroatoms. The molecule has 120 valence electrons. The van der Waals surface area contributed by atoms with Gasteiger partial charge in [-0.2, -0.15) is 15.4 Å². The number of para-hydroxylation sites is 1. The Balaban J connectivity index is 1.74. The van der Waals surface area contributed by atoms with Crippen LogP contribution in [0.1, 0.15) is 15.9 Å². The molecule has 1 heterocycles. The number of allylic oxidation sites excluding steroid dienone is 1. The Morgan fingerprint density at radius 2 is 1.56 bits per heavy atom. The summed E-state index contributed by atoms with van der Waals surface area (Å²) in [5.74, 6) is -0.0185. The molecule has 3 aromatic carbocycles. The minimum Gasteiger partial charge on any atom is -0.289 e. The van der Waals surface area contributed by atoms with E-state index in [4.69, 9.17) is 0 Å². The van der Waals surface area contributed by atoms with Crippen LogP contribution in [0.2, 0.25) is 0 Å². The maximum Gasteiger partial charge on any atom is 0.185 e. The van der Waals surface area contributed by atoms with E-state index in [1.54, 1.807) is 6.08 Å². The molecular weight excluding hydrogens is 310 g/mol. The normalized spacial score (nSPS) is 11.2. The first-order valence-electron chi connectivity index (χ1n) is 7.99. The van der Waals surface area contributed by atoms with Crippen molar-refractivity contribution < 1.29 is 4.79 Å². The van der Waals surface area contributed by atoms with Gasteiger partial charge in [0.25, 0.3) is 0 Å². The topological polar surface area (TPSA) is 58.6 Å². The largest absolute Gasteiger partial charge is 0.289 e. The van der Waals surface area contributed by atoms with Crippen LogP contribution in [-0.2, 0) is 0 Å². The number of benzene rings is 3. The molecule has 4 rings (SSSR count). The second-order valence-corrected chi connectivity index (χ2v) is 5.65. The van der Waals surface area contributed by atoms with Crippen LogP contribution in [0.15, 0.2) is 78.9 Å². The van der Waals surface area contributed by atoms with Crippen LogP contribution >= 0.6 is 0 Å². The summed E-state index contributed by atoms with van der Waals surface area (Å²) in [6, 6.07) is 23.1. The standard InChI is InChI=1S/C21H15N3O/c25-20(16-8-2-1-3-9-16)14-13-15-7-4-5-10-17(15)18-11-6-12-19-21(18)23-24-22-19/h1-14H,(H,22,23,24). The van der Waals surface area contributed by atoms with Crippen molar-refractivity contribution >= 4 is 22.9 Å². The molecule has 25 heavy (non-hydrogen) atoms. The second-order valence-electron chi connectivity index (χ2n) is 5.65. The number of carbonyl (C=O) groups excluding carboxylic acids is 1. The van der Waals surface area contributed by atoms with Crippen molar-refractivity contribution in [3.63, 3.8) is 0 Å². The molecule has 4 aromatic rings. The predicted molar refractivity (Wildman–Crippen MR) is 99.1 cm³/mol. The van der Waals surface area contributed by atoms with Crippen LogP contribution in [0.4, 0.5) is 0 Å². The van der Waals surface area contributed by atoms with Crippen LogP contribution in [0.3, 0.4) is 0 Å². The molecule has 0 aliphatic heterocycles. The lowest BCUT2D eigenvalue weighted by atomic mass is 9.97. The molecule has 1 aromatic heterocycles. The second kappa shape index (κ2) is 6.53. The Hall–Kier alpha value is -3.53. The Morgan fingerprint density at radius 1 is 0.800 bits per heavy atom. The molecule has 0 fully saturated rings. The van der Waals surface area contributed by atoms with Crippen LogP contribution in [-0.4, -0.2) is 21.2 Å². The van der Waals surface area contributed by atoms with Gasteiger partial charge in [-0.25, -0.2) is 0 Å². The number of rotatable bonds is 4. The summed E-state index contributed by atoms with van der Waals surface area (Å²) in [5.41, 5.74) is 5.27. The fourth-order valence-corrected chi connectivity index (χ4v) is 2.84. The van der Waals surface area contributed by atoms with E-state index >= 15 is 0 Å². The van der Waals surface area contributed by atoms with Crippen LogP contribution < -0.4 is 0 Å². The first kappa shape index (κ1) is 15.0. The highest BCUT2D eigenvalue weighted by Crippen LogP contribution is 2.29. The van der Waals surface area contributed by atoms with Gasteiger partial charge in [0.15, 0.2) is 5.78 Å². The van der Waals surface area contributed by atoms with Gasteiger partial charge in [-0.05, 0) is 23.3 Å². The number of nitrogens with one attached hydrogen (secondary N) is 1. The lowest BCUT2D eigenvalue weighted by Crippen LogP contribution is -1.93. The van der Waals surface area contributed by atoms with Crippen molar-refractivity contribution in [1.82, 2.24) is 15.4 Å². The van der Waals surface area contributed by atoms with E-state index < -0.39 is 0 Å². The molecule has 0 unspecified atom stereocenters. The van der Waals surface area contributed by atoms with Crippen molar-refractivity contribution in [3.05, 3.63) is 90.0 Å². The summed E-state index contributed by atoms with van der Waals surface area (Å²) < 4.78 is 0. The summed E-state index contributed by atoms with van der Waals surface area (Å²) in [6.07, 6.45) is 3.46. The average Bonchev–Trinajstić information content (AvgIpc) is 3.16. The number of aromatic amines is 1. The highest BCUT2D eigenvalue weighted by Gasteiger charge is 2.10. The summed E-state index contributed by atoms with van der Waals surface area (Å²) in [6.45, 7) is 0. The van der Waals surface area contributed by atoms with Gasteiger partial charge in [-0.1, -0.05) is 72.8 Å². The third kappa shape index (κ3) is 2.97. The van der Waals surface area contributed by atoms with Gasteiger partial charge in [0.1, 0.15) is 11.0 Å². The van der Waals surface area contributed by atoms with E-state index in [0.29, 0.717) is 5.56 Å². The van der Waals surface area contributed by atoms with Gasteiger partial charge in [-0.15, -0.1) is 0 Å². The quantitative estimate of drug-likeness (QED) is 0.443. The third-order valence-corrected chi connectivity index (χ3v) is 4.07. The Morgan fingerprint density at radius 3 is 2.44 bits per heavy atom. The number of carbonyl (C=O) groups is 1. The third-order valence-electron chi connectivity index (χ3n) is 4.07. The highest BCUT2D eigenvalue weighted by molar-refractivity contribution is 6.07. The van der Waals surface area contributed by atoms with Crippen LogP contribution in [0, 0.1) is 0 Å². The number of fused-ring (bicyclic) bond motifs is 1. The number of ketones is 1. The van der Waals surface area contributed by atoms with Crippen LogP contribution in [0.5, 0.6) is 0 Å². The minimum absolute atomic E-state index is 0.0185. The number of aromatic nitrogens is 3. The zero-order chi connectivity index (χ0) is 17.1. The number of hydrogen-bond acceptors (Lipinski definition) is 3. The Kier molecular flexibility index (Phi) is 3.92. The Labute approximate surface area is 144 Å². The first-order chi connectivity index (χ1) is 12.3. The summed E-state index contributed by atoms with van der Waals surface area (Å²) in [5, 5.41) is 11.1.